The Morgan fingerprint density at radius 1 is 0.712 bits per heavy atom. The summed E-state index contributed by atoms with van der Waals surface area (Å²) in [6.07, 6.45) is 4.67. The number of carbonyl (C=O) groups excluding carboxylic acids is 1. The van der Waals surface area contributed by atoms with Gasteiger partial charge in [0.05, 0.1) is 71.8 Å². The van der Waals surface area contributed by atoms with Crippen LogP contribution in [0.2, 0.25) is 0 Å². The molecule has 0 aliphatic carbocycles. The van der Waals surface area contributed by atoms with Gasteiger partial charge in [-0.05, 0) is 62.1 Å². The second-order valence-corrected chi connectivity index (χ2v) is 12.4. The van der Waals surface area contributed by atoms with Crippen LogP contribution < -0.4 is 0 Å². The van der Waals surface area contributed by atoms with Crippen LogP contribution in [0.15, 0.2) is 49.1 Å². The Labute approximate surface area is 298 Å². The van der Waals surface area contributed by atoms with Gasteiger partial charge in [-0.25, -0.2) is 24.1 Å². The topological polar surface area (TPSA) is 195 Å². The van der Waals surface area contributed by atoms with Crippen molar-refractivity contribution in [2.24, 2.45) is 0 Å². The molecule has 0 saturated carbocycles. The first kappa shape index (κ1) is 34.4. The number of fused-ring (bicyclic) bond motifs is 10. The molecule has 6 aromatic rings. The first-order chi connectivity index (χ1) is 25.3. The molecule has 0 spiro atoms. The van der Waals surface area contributed by atoms with E-state index in [2.05, 4.69) is 30.6 Å². The number of carbonyl (C=O) groups is 2. The number of nitrogens with zero attached hydrogens (tertiary/aromatic N) is 11. The molecule has 52 heavy (non-hydrogen) atoms. The maximum absolute atomic E-state index is 13.0. The average molecular weight is 706 g/mol. The smallest absolute Gasteiger partial charge is 0.356 e. The predicted molar refractivity (Wildman–Crippen MR) is 188 cm³/mol. The van der Waals surface area contributed by atoms with Gasteiger partial charge in [0.15, 0.2) is 11.4 Å². The van der Waals surface area contributed by atoms with Crippen molar-refractivity contribution in [3.8, 4) is 33.9 Å². The van der Waals surface area contributed by atoms with E-state index in [9.17, 15) is 24.9 Å². The minimum atomic E-state index is -1.07. The molecular weight excluding hydrogens is 666 g/mol. The summed E-state index contributed by atoms with van der Waals surface area (Å²) in [4.78, 5) is 34.7. The molecular formula is C36H39N11O5. The number of aromatic carboxylic acids is 1. The molecule has 16 nitrogen and oxygen atoms in total. The zero-order chi connectivity index (χ0) is 36.7. The summed E-state index contributed by atoms with van der Waals surface area (Å²) >= 11 is 0. The molecule has 8 rings (SSSR count). The van der Waals surface area contributed by atoms with Crippen molar-refractivity contribution >= 4 is 11.9 Å². The van der Waals surface area contributed by atoms with Gasteiger partial charge in [0.1, 0.15) is 12.7 Å². The summed E-state index contributed by atoms with van der Waals surface area (Å²) in [7, 11) is 0. The number of imidazole rings is 2. The van der Waals surface area contributed by atoms with Gasteiger partial charge < -0.3 is 20.2 Å². The second-order valence-electron chi connectivity index (χ2n) is 12.4. The third kappa shape index (κ3) is 5.65. The molecule has 0 fully saturated rings. The number of aliphatic hydroxyl groups excluding tert-OH is 2. The van der Waals surface area contributed by atoms with Crippen LogP contribution in [0, 0.1) is 0 Å². The molecule has 1 amide bonds. The van der Waals surface area contributed by atoms with Crippen LogP contribution in [0.4, 0.5) is 0 Å². The van der Waals surface area contributed by atoms with Crippen LogP contribution in [-0.2, 0) is 39.1 Å². The van der Waals surface area contributed by atoms with Crippen LogP contribution in [0.3, 0.4) is 0 Å². The molecule has 0 atom stereocenters. The fourth-order valence-electron chi connectivity index (χ4n) is 6.91. The number of aryl methyl sites for hydroxylation is 2. The number of rotatable bonds is 8. The molecule has 2 aromatic carbocycles. The highest BCUT2D eigenvalue weighted by Gasteiger charge is 2.30. The maximum atomic E-state index is 13.0. The molecule has 2 aliphatic heterocycles. The summed E-state index contributed by atoms with van der Waals surface area (Å²) in [5, 5.41) is 45.6. The Bertz CT molecular complexity index is 2310. The first-order valence-corrected chi connectivity index (χ1v) is 17.2. The van der Waals surface area contributed by atoms with Crippen LogP contribution in [0.5, 0.6) is 0 Å². The van der Waals surface area contributed by atoms with Crippen LogP contribution in [0.1, 0.15) is 82.6 Å². The molecule has 2 aliphatic rings. The standard InChI is InChI=1S/C20H24N6O2.C16H15N5O3/c1-4-15-19-14-9-13(11-27)7-8-16(14)25-12-21-18(20(28)24(5-2)6-3)17(25)10-26(19)23-22-15;1-2-11-15-10-5-9(7-22)3-4-12(10)20-8-17-14(16(23)24)13(20)6-21(15)19-18-11/h7-9,12,27H,4-6,10-11H2,1-3H3;3-5,8,22H,2,6-7H2,1H3,(H,23,24). The Hall–Kier alpha value is -6.00. The van der Waals surface area contributed by atoms with Gasteiger partial charge in [-0.1, -0.05) is 36.4 Å². The molecule has 0 unspecified atom stereocenters. The fraction of sp³-hybridized carbons (Fsp3) is 0.333. The summed E-state index contributed by atoms with van der Waals surface area (Å²) in [5.74, 6) is -1.15. The lowest BCUT2D eigenvalue weighted by Crippen LogP contribution is -2.31. The summed E-state index contributed by atoms with van der Waals surface area (Å²) < 4.78 is 7.26. The lowest BCUT2D eigenvalue weighted by atomic mass is 10.0. The maximum Gasteiger partial charge on any atom is 0.356 e. The molecule has 6 heterocycles. The number of benzene rings is 2. The first-order valence-electron chi connectivity index (χ1n) is 17.2. The molecule has 3 N–H and O–H groups in total. The van der Waals surface area contributed by atoms with E-state index in [1.165, 1.54) is 6.33 Å². The van der Waals surface area contributed by atoms with E-state index in [-0.39, 0.29) is 31.4 Å². The lowest BCUT2D eigenvalue weighted by Gasteiger charge is -2.18. The van der Waals surface area contributed by atoms with Gasteiger partial charge in [0.2, 0.25) is 0 Å². The Balaban J connectivity index is 0.000000164. The number of hydrogen-bond donors (Lipinski definition) is 3. The van der Waals surface area contributed by atoms with Gasteiger partial charge in [-0.3, -0.25) is 13.9 Å². The van der Waals surface area contributed by atoms with Gasteiger partial charge in [0, 0.05) is 24.2 Å². The van der Waals surface area contributed by atoms with E-state index < -0.39 is 5.97 Å². The molecule has 0 saturated heterocycles. The second kappa shape index (κ2) is 14.0. The van der Waals surface area contributed by atoms with Crippen molar-refractivity contribution in [3.63, 3.8) is 0 Å². The SMILES string of the molecule is CCc1nnn2c1-c1cc(CO)ccc1-n1cnc(C(=O)N(CC)CC)c1C2.CCc1nnn2c1-c1cc(CO)ccc1-n1cnc(C(=O)O)c1C2. The number of aromatic nitrogens is 10. The van der Waals surface area contributed by atoms with Gasteiger partial charge in [0.25, 0.3) is 5.91 Å². The quantitative estimate of drug-likeness (QED) is 0.210. The summed E-state index contributed by atoms with van der Waals surface area (Å²) in [6, 6.07) is 11.4. The van der Waals surface area contributed by atoms with Crippen LogP contribution in [-0.4, -0.2) is 94.3 Å². The molecule has 4 aromatic heterocycles. The van der Waals surface area contributed by atoms with Gasteiger partial charge in [-0.15, -0.1) is 10.2 Å². The molecule has 0 bridgehead atoms. The van der Waals surface area contributed by atoms with E-state index in [0.717, 1.165) is 68.5 Å². The average Bonchev–Trinajstić information content (AvgIpc) is 3.95. The number of carboxylic acids is 1. The van der Waals surface area contributed by atoms with Crippen LogP contribution >= 0.6 is 0 Å². The predicted octanol–water partition coefficient (Wildman–Crippen LogP) is 3.27. The number of hydrogen-bond acceptors (Lipinski definition) is 10. The van der Waals surface area contributed by atoms with Crippen molar-refractivity contribution in [1.29, 1.82) is 0 Å². The normalized spacial score (nSPS) is 12.2. The van der Waals surface area contributed by atoms with E-state index in [4.69, 9.17) is 0 Å². The number of amides is 1. The minimum Gasteiger partial charge on any atom is -0.476 e. The van der Waals surface area contributed by atoms with Gasteiger partial charge in [-0.2, -0.15) is 0 Å². The summed E-state index contributed by atoms with van der Waals surface area (Å²) in [5.41, 5.74) is 10.4. The van der Waals surface area contributed by atoms with Crippen molar-refractivity contribution in [2.75, 3.05) is 13.1 Å². The summed E-state index contributed by atoms with van der Waals surface area (Å²) in [6.45, 7) is 9.79. The van der Waals surface area contributed by atoms with E-state index in [0.29, 0.717) is 37.4 Å². The number of aliphatic hydroxyl groups is 2. The highest BCUT2D eigenvalue weighted by molar-refractivity contribution is 5.94. The largest absolute Gasteiger partial charge is 0.476 e. The van der Waals surface area contributed by atoms with Gasteiger partial charge >= 0.3 is 5.97 Å². The zero-order valence-electron chi connectivity index (χ0n) is 29.4. The third-order valence-corrected chi connectivity index (χ3v) is 9.58. The minimum absolute atomic E-state index is 0.00795. The Morgan fingerprint density at radius 2 is 1.17 bits per heavy atom. The highest BCUT2D eigenvalue weighted by atomic mass is 16.4. The Kier molecular flexibility index (Phi) is 9.25. The lowest BCUT2D eigenvalue weighted by molar-refractivity contribution is 0.0688. The van der Waals surface area contributed by atoms with Crippen molar-refractivity contribution < 1.29 is 24.9 Å². The van der Waals surface area contributed by atoms with Crippen LogP contribution in [0.25, 0.3) is 33.9 Å². The molecule has 16 heteroatoms. The number of carboxylic acid groups (broad SMARTS) is 1. The monoisotopic (exact) mass is 705 g/mol. The zero-order valence-corrected chi connectivity index (χ0v) is 29.4. The van der Waals surface area contributed by atoms with Crippen molar-refractivity contribution in [2.45, 2.75) is 66.8 Å². The Morgan fingerprint density at radius 3 is 1.60 bits per heavy atom. The molecule has 0 radical (unpaired) electrons. The van der Waals surface area contributed by atoms with E-state index >= 15 is 0 Å². The van der Waals surface area contributed by atoms with E-state index in [1.807, 2.05) is 73.3 Å². The fourth-order valence-corrected chi connectivity index (χ4v) is 6.91. The third-order valence-electron chi connectivity index (χ3n) is 9.58. The van der Waals surface area contributed by atoms with Crippen molar-refractivity contribution in [3.05, 3.63) is 94.3 Å². The van der Waals surface area contributed by atoms with E-state index in [1.54, 1.807) is 20.5 Å². The highest BCUT2D eigenvalue weighted by Crippen LogP contribution is 2.36. The van der Waals surface area contributed by atoms with Crippen molar-refractivity contribution in [1.82, 2.24) is 54.0 Å². The molecule has 268 valence electrons.